The van der Waals surface area contributed by atoms with E-state index in [0.717, 1.165) is 113 Å². The van der Waals surface area contributed by atoms with Crippen molar-refractivity contribution in [2.45, 2.75) is 133 Å². The number of benzene rings is 11. The predicted molar refractivity (Wildman–Crippen MR) is 490 cm³/mol. The van der Waals surface area contributed by atoms with Crippen molar-refractivity contribution in [3.63, 3.8) is 0 Å². The molecule has 0 unspecified atom stereocenters. The third kappa shape index (κ3) is 29.4. The van der Waals surface area contributed by atoms with E-state index in [1.54, 1.807) is 85.1 Å². The van der Waals surface area contributed by atoms with Crippen molar-refractivity contribution >= 4 is 62.4 Å². The lowest BCUT2D eigenvalue weighted by Crippen LogP contribution is -2.50. The summed E-state index contributed by atoms with van der Waals surface area (Å²) in [5, 5.41) is 15.5. The second-order valence-electron chi connectivity index (χ2n) is 33.5. The number of hydrogen-bond donors (Lipinski definition) is 5. The number of alkyl halides is 18. The van der Waals surface area contributed by atoms with Crippen molar-refractivity contribution < 1.29 is 149 Å². The van der Waals surface area contributed by atoms with E-state index in [9.17, 15) is 111 Å². The lowest BCUT2D eigenvalue weighted by molar-refractivity contribution is -0.275. The lowest BCUT2D eigenvalue weighted by Gasteiger charge is -2.37. The molecule has 2 aromatic heterocycles. The first-order valence-corrected chi connectivity index (χ1v) is 44.6. The largest absolute Gasteiger partial charge is 0.573 e. The van der Waals surface area contributed by atoms with Crippen LogP contribution in [0.25, 0.3) is 16.8 Å². The van der Waals surface area contributed by atoms with Gasteiger partial charge in [-0.15, -0.1) is 64.0 Å². The number of urea groups is 2. The number of aryl methyl sites for hydroxylation is 1. The molecule has 2 heterocycles. The van der Waals surface area contributed by atoms with E-state index < -0.39 is 148 Å². The Bertz CT molecular complexity index is 6570. The van der Waals surface area contributed by atoms with E-state index in [0.29, 0.717) is 77.2 Å². The number of aromatic nitrogens is 2. The zero-order valence-electron chi connectivity index (χ0n) is 75.9. The smallest absolute Gasteiger partial charge is 0.494 e. The van der Waals surface area contributed by atoms with Crippen LogP contribution in [0.1, 0.15) is 122 Å². The summed E-state index contributed by atoms with van der Waals surface area (Å²) in [7, 11) is 1.24. The number of anilines is 2. The van der Waals surface area contributed by atoms with Gasteiger partial charge in [0.05, 0.1) is 52.2 Å². The maximum absolute atomic E-state index is 15.2. The number of fused-ring (bicyclic) bond motifs is 1. The molecule has 13 aromatic rings. The molecule has 42 heteroatoms. The van der Waals surface area contributed by atoms with Crippen LogP contribution in [0.15, 0.2) is 273 Å². The number of methoxy groups -OCH3 is 1. The topological polar surface area (TPSA) is 219 Å². The fourth-order valence-electron chi connectivity index (χ4n) is 15.7. The van der Waals surface area contributed by atoms with Crippen molar-refractivity contribution in [2.75, 3.05) is 24.4 Å². The average Bonchev–Trinajstić information content (AvgIpc) is 0.831. The summed E-state index contributed by atoms with van der Waals surface area (Å²) in [5.74, 6) is -12.2. The molecule has 1 atom stereocenters. The van der Waals surface area contributed by atoms with E-state index in [2.05, 4.69) is 85.4 Å². The molecule has 18 nitrogen and oxygen atoms in total. The third-order valence-electron chi connectivity index (χ3n) is 21.9. The highest BCUT2D eigenvalue weighted by Gasteiger charge is 2.48. The minimum Gasteiger partial charge on any atom is -0.494 e. The second kappa shape index (κ2) is 44.8. The van der Waals surface area contributed by atoms with E-state index in [1.807, 2.05) is 0 Å². The Kier molecular flexibility index (Phi) is 33.6. The third-order valence-corrected chi connectivity index (χ3v) is 23.8. The minimum absolute atomic E-state index is 0.000660. The molecule has 1 aliphatic rings. The summed E-state index contributed by atoms with van der Waals surface area (Å²) < 4.78 is 330. The first kappa shape index (κ1) is 108. The number of rotatable bonds is 32. The van der Waals surface area contributed by atoms with Gasteiger partial charge in [-0.1, -0.05) is 177 Å². The molecule has 5 amide bonds. The first-order valence-electron chi connectivity index (χ1n) is 42.9. The van der Waals surface area contributed by atoms with Gasteiger partial charge in [0.2, 0.25) is 0 Å². The van der Waals surface area contributed by atoms with Crippen LogP contribution in [0.3, 0.4) is 0 Å². The Morgan fingerprint density at radius 1 is 0.451 bits per heavy atom. The van der Waals surface area contributed by atoms with Crippen molar-refractivity contribution in [2.24, 2.45) is 5.41 Å². The molecule has 0 bridgehead atoms. The highest BCUT2D eigenvalue weighted by molar-refractivity contribution is 7.17. The fraction of sp³-hybridized carbons (Fsp3) is 0.235. The van der Waals surface area contributed by atoms with Gasteiger partial charge in [-0.25, -0.2) is 45.9 Å². The van der Waals surface area contributed by atoms with Crippen LogP contribution >= 0.6 is 22.7 Å². The van der Waals surface area contributed by atoms with Gasteiger partial charge in [-0.05, 0) is 202 Å². The Morgan fingerprint density at radius 3 is 1.38 bits per heavy atom. The van der Waals surface area contributed by atoms with Crippen LogP contribution in [-0.4, -0.2) is 85.6 Å². The summed E-state index contributed by atoms with van der Waals surface area (Å²) in [6.45, 7) is 10.5. The number of thiazole rings is 2. The Labute approximate surface area is 815 Å². The number of nitrogens with one attached hydrogen (secondary N) is 5. The minimum atomic E-state index is -5.06. The van der Waals surface area contributed by atoms with Gasteiger partial charge in [0.25, 0.3) is 11.8 Å². The summed E-state index contributed by atoms with van der Waals surface area (Å²) in [4.78, 5) is 62.5. The van der Waals surface area contributed by atoms with E-state index >= 15 is 4.39 Å². The quantitative estimate of drug-likeness (QED) is 0.0151. The van der Waals surface area contributed by atoms with Crippen LogP contribution in [-0.2, 0) is 57.8 Å². The molecule has 1 aliphatic carbocycles. The molecule has 0 spiro atoms. The maximum atomic E-state index is 15.2. The highest BCUT2D eigenvalue weighted by atomic mass is 32.1. The number of allylic oxidation sites excluding steroid dienone is 1. The van der Waals surface area contributed by atoms with Crippen molar-refractivity contribution in [3.05, 3.63) is 373 Å². The van der Waals surface area contributed by atoms with E-state index in [4.69, 9.17) is 4.74 Å². The van der Waals surface area contributed by atoms with Gasteiger partial charge in [0.1, 0.15) is 57.8 Å². The molecule has 0 aliphatic heterocycles. The van der Waals surface area contributed by atoms with Crippen LogP contribution in [0, 0.1) is 35.6 Å². The molecule has 0 radical (unpaired) electrons. The SMILES string of the molecule is C=C1CC(C)(C)Cc2nc(NC(=O)NC(Cc3ccccc3)(c3cccc(OC(F)(F)F)c3)c3cccc(OC(F)(F)F)c3)sc21.COC(=O)CCCOc1ccc(C[C@](NC(=O)c2ccc(F)c(C(C)(F)F)c2)(c2ccc(F)cc2)c2cc(F)cc(OC(F)(F)C(F)F)c2)cc1.Cc1ccc(-c2csc(NC(=O)NC(Cc3ccccc3)(c3cccc(OC(F)(F)F)c3)c3cccc(OC(F)(F)F)c3)n2)cc1F. The summed E-state index contributed by atoms with van der Waals surface area (Å²) in [6, 6.07) is 53.8. The van der Waals surface area contributed by atoms with Gasteiger partial charge in [0, 0.05) is 55.2 Å². The van der Waals surface area contributed by atoms with E-state index in [-0.39, 0.29) is 81.3 Å². The van der Waals surface area contributed by atoms with Crippen molar-refractivity contribution in [3.8, 4) is 45.8 Å². The normalized spacial score (nSPS) is 13.2. The summed E-state index contributed by atoms with van der Waals surface area (Å²) in [5.41, 5.74) is -2.87. The second-order valence-corrected chi connectivity index (χ2v) is 35.3. The number of amides is 5. The fourth-order valence-corrected chi connectivity index (χ4v) is 17.4. The number of carbonyl (C=O) groups is 4. The molecule has 144 heavy (non-hydrogen) atoms. The first-order chi connectivity index (χ1) is 67.6. The summed E-state index contributed by atoms with van der Waals surface area (Å²) >= 11 is 2.27. The maximum Gasteiger partial charge on any atom is 0.573 e. The van der Waals surface area contributed by atoms with Crippen LogP contribution in [0.2, 0.25) is 0 Å². The molecular weight excluding hydrogens is 1980 g/mol. The average molecular weight is 2060 g/mol. The highest BCUT2D eigenvalue weighted by Crippen LogP contribution is 2.48. The number of carbonyl (C=O) groups excluding carboxylic acids is 4. The Morgan fingerprint density at radius 2 is 0.917 bits per heavy atom. The molecule has 0 saturated carbocycles. The molecule has 0 saturated heterocycles. The lowest BCUT2D eigenvalue weighted by atomic mass is 9.77. The van der Waals surface area contributed by atoms with Gasteiger partial charge in [-0.3, -0.25) is 20.2 Å². The zero-order chi connectivity index (χ0) is 105. The molecule has 14 rings (SSSR count). The number of esters is 1. The van der Waals surface area contributed by atoms with Gasteiger partial charge in [-0.2, -0.15) is 17.6 Å². The van der Waals surface area contributed by atoms with Crippen LogP contribution in [0.5, 0.6) is 34.5 Å². The molecular formula is C102H83F22N7O11S2. The molecule has 0 fully saturated rings. The van der Waals surface area contributed by atoms with Gasteiger partial charge >= 0.3 is 56.0 Å². The Hall–Kier alpha value is -14.8. The summed E-state index contributed by atoms with van der Waals surface area (Å²) in [6.07, 6.45) is -28.2. The number of nitrogens with zero attached hydrogens (tertiary/aromatic N) is 2. The Balaban J connectivity index is 0.000000193. The van der Waals surface area contributed by atoms with Crippen LogP contribution in [0.4, 0.5) is 116 Å². The number of halogens is 22. The van der Waals surface area contributed by atoms with Crippen molar-refractivity contribution in [1.82, 2.24) is 25.9 Å². The van der Waals surface area contributed by atoms with E-state index in [1.165, 1.54) is 109 Å². The molecule has 11 aromatic carbocycles. The van der Waals surface area contributed by atoms with Crippen molar-refractivity contribution in [1.29, 1.82) is 0 Å². The monoisotopic (exact) mass is 2060 g/mol. The number of ether oxygens (including phenoxy) is 7. The molecule has 758 valence electrons. The van der Waals surface area contributed by atoms with Gasteiger partial charge < -0.3 is 49.1 Å². The standard InChI is InChI=1S/C36H30F9NO5.C33H24F7N3O3S.C33H29F6N3O3S/c1-34(42,43)29-16-22(7-14-30(29)39)32(48)46-35(23-8-10-25(37)11-9-23,24-17-26(38)19-28(18-24)51-36(44,45)33(40)41)20-21-5-12-27(13-6-21)50-15-3-4-31(47)49-2;1-20-13-14-22(15-27(20)34)28-19-47-30(41-28)42-29(44)43-31(18-21-7-3-2-4-8-21,23-9-5-11-25(16-23)45-32(35,36)37)24-10-6-12-26(17-24)46-33(38,39)40;1-20-17-30(2,3)19-26-27(20)46-29(40-26)41-28(43)42-31(18-21-9-5-4-6-10-21,22-11-7-13-24(15-22)44-32(34,35)36)23-12-8-14-25(16-23)45-33(37,38)39/h5-14,16-19,33H,3-4,15,20H2,1-2H3,(H,46,48);2-17,19H,18H2,1H3,(H2,41,42,43,44);4-16H,1,17-19H2,2-3H3,(H2,40,41,42,43)/t35-;;/m0../s1. The van der Waals surface area contributed by atoms with Gasteiger partial charge in [0.15, 0.2) is 10.3 Å². The van der Waals surface area contributed by atoms with Crippen LogP contribution < -0.4 is 55.0 Å². The zero-order valence-corrected chi connectivity index (χ0v) is 77.5. The molecule has 5 N–H and O–H groups in total. The number of hydrogen-bond acceptors (Lipinski definition) is 15. The predicted octanol–water partition coefficient (Wildman–Crippen LogP) is 27.3.